The summed E-state index contributed by atoms with van der Waals surface area (Å²) in [6.45, 7) is 5.38. The number of hydrogen-bond acceptors (Lipinski definition) is 5. The van der Waals surface area contributed by atoms with Crippen LogP contribution in [0.3, 0.4) is 0 Å². The van der Waals surface area contributed by atoms with E-state index in [1.807, 2.05) is 13.8 Å². The average molecular weight is 299 g/mol. The van der Waals surface area contributed by atoms with Gasteiger partial charge in [-0.3, -0.25) is 9.79 Å². The van der Waals surface area contributed by atoms with Crippen LogP contribution in [-0.4, -0.2) is 39.5 Å². The number of hydrogen-bond donors (Lipinski definition) is 3. The van der Waals surface area contributed by atoms with Gasteiger partial charge in [0.1, 0.15) is 11.8 Å². The Hall–Kier alpha value is -1.30. The van der Waals surface area contributed by atoms with Crippen molar-refractivity contribution in [2.24, 2.45) is 10.4 Å². The molecular formula is C14H21NO4S. The number of aliphatic hydroxyl groups excluding tert-OH is 1. The summed E-state index contributed by atoms with van der Waals surface area (Å²) < 4.78 is 0. The first kappa shape index (κ1) is 16.8. The molecule has 0 unspecified atom stereocenters. The fourth-order valence-electron chi connectivity index (χ4n) is 2.36. The lowest BCUT2D eigenvalue weighted by atomic mass is 9.76. The van der Waals surface area contributed by atoms with Crippen LogP contribution in [-0.2, 0) is 9.59 Å². The van der Waals surface area contributed by atoms with Crippen LogP contribution in [0.15, 0.2) is 16.3 Å². The Morgan fingerprint density at radius 3 is 2.50 bits per heavy atom. The monoisotopic (exact) mass is 299 g/mol. The molecule has 0 aromatic rings. The Morgan fingerprint density at radius 2 is 2.05 bits per heavy atom. The second-order valence-corrected chi connectivity index (χ2v) is 6.29. The van der Waals surface area contributed by atoms with Gasteiger partial charge in [0.25, 0.3) is 0 Å². The number of aliphatic hydroxyl groups is 1. The zero-order chi connectivity index (χ0) is 15.5. The van der Waals surface area contributed by atoms with Gasteiger partial charge in [0.05, 0.1) is 5.57 Å². The summed E-state index contributed by atoms with van der Waals surface area (Å²) in [6.07, 6.45) is 0.998. The molecule has 112 valence electrons. The van der Waals surface area contributed by atoms with Gasteiger partial charge in [-0.25, -0.2) is 4.79 Å². The molecular weight excluding hydrogens is 278 g/mol. The smallest absolute Gasteiger partial charge is 0.328 e. The Morgan fingerprint density at radius 1 is 1.45 bits per heavy atom. The van der Waals surface area contributed by atoms with Crippen molar-refractivity contribution in [3.05, 3.63) is 11.3 Å². The molecule has 0 spiro atoms. The highest BCUT2D eigenvalue weighted by Crippen LogP contribution is 2.36. The predicted octanol–water partition coefficient (Wildman–Crippen LogP) is 2.42. The van der Waals surface area contributed by atoms with Gasteiger partial charge in [-0.15, -0.1) is 0 Å². The number of carboxylic acid groups (broad SMARTS) is 1. The van der Waals surface area contributed by atoms with Crippen molar-refractivity contribution in [2.45, 2.75) is 46.1 Å². The lowest BCUT2D eigenvalue weighted by Crippen LogP contribution is -2.29. The molecule has 0 heterocycles. The predicted molar refractivity (Wildman–Crippen MR) is 80.7 cm³/mol. The fraction of sp³-hybridized carbons (Fsp3) is 0.643. The Bertz CT molecular complexity index is 480. The number of rotatable bonds is 5. The fourth-order valence-corrected chi connectivity index (χ4v) is 2.61. The number of thiol groups is 1. The van der Waals surface area contributed by atoms with Gasteiger partial charge < -0.3 is 10.2 Å². The van der Waals surface area contributed by atoms with Gasteiger partial charge in [-0.2, -0.15) is 12.6 Å². The zero-order valence-electron chi connectivity index (χ0n) is 12.0. The third-order valence-corrected chi connectivity index (χ3v) is 3.51. The Kier molecular flexibility index (Phi) is 5.39. The van der Waals surface area contributed by atoms with E-state index < -0.39 is 12.0 Å². The van der Waals surface area contributed by atoms with E-state index in [1.165, 1.54) is 0 Å². The Balaban J connectivity index is 3.09. The molecule has 0 aliphatic heterocycles. The van der Waals surface area contributed by atoms with E-state index in [0.717, 1.165) is 0 Å². The highest BCUT2D eigenvalue weighted by molar-refractivity contribution is 7.80. The molecule has 1 aliphatic rings. The largest absolute Gasteiger partial charge is 0.511 e. The molecule has 0 aromatic carbocycles. The quantitative estimate of drug-likeness (QED) is 0.537. The van der Waals surface area contributed by atoms with Crippen molar-refractivity contribution in [3.8, 4) is 0 Å². The molecule has 1 rings (SSSR count). The summed E-state index contributed by atoms with van der Waals surface area (Å²) in [4.78, 5) is 27.2. The van der Waals surface area contributed by atoms with Crippen LogP contribution >= 0.6 is 12.6 Å². The number of aliphatic imine (C=N–C) groups is 1. The van der Waals surface area contributed by atoms with E-state index >= 15 is 0 Å². The number of nitrogens with zero attached hydrogens (tertiary/aromatic N) is 1. The SMILES string of the molecule is CC(=N[C@@H](CCS)C(=O)O)C1=C(O)CC(C)(C)CC1=O. The molecule has 0 radical (unpaired) electrons. The number of aliphatic carboxylic acids is 1. The van der Waals surface area contributed by atoms with Gasteiger partial charge in [-0.1, -0.05) is 13.8 Å². The summed E-state index contributed by atoms with van der Waals surface area (Å²) in [6, 6.07) is -0.935. The van der Waals surface area contributed by atoms with E-state index in [2.05, 4.69) is 17.6 Å². The van der Waals surface area contributed by atoms with Crippen molar-refractivity contribution in [3.63, 3.8) is 0 Å². The third-order valence-electron chi connectivity index (χ3n) is 3.25. The minimum absolute atomic E-state index is 0.00233. The molecule has 5 nitrogen and oxygen atoms in total. The molecule has 1 atom stereocenters. The van der Waals surface area contributed by atoms with Gasteiger partial charge in [0.15, 0.2) is 5.78 Å². The minimum Gasteiger partial charge on any atom is -0.511 e. The lowest BCUT2D eigenvalue weighted by Gasteiger charge is -2.29. The molecule has 2 N–H and O–H groups in total. The van der Waals surface area contributed by atoms with Crippen LogP contribution in [0, 0.1) is 5.41 Å². The Labute approximate surface area is 124 Å². The van der Waals surface area contributed by atoms with Crippen molar-refractivity contribution in [1.29, 1.82) is 0 Å². The zero-order valence-corrected chi connectivity index (χ0v) is 12.9. The number of carbonyl (C=O) groups excluding carboxylic acids is 1. The standard InChI is InChI=1S/C14H21NO4S/c1-8(15-9(4-5-20)13(18)19)12-10(16)6-14(2,3)7-11(12)17/h9,16,20H,4-7H2,1-3H3,(H,18,19)/t9-/m0/s1. The van der Waals surface area contributed by atoms with Crippen molar-refractivity contribution in [2.75, 3.05) is 5.75 Å². The topological polar surface area (TPSA) is 87.0 Å². The summed E-state index contributed by atoms with van der Waals surface area (Å²) in [5.74, 6) is -0.848. The van der Waals surface area contributed by atoms with Crippen LogP contribution < -0.4 is 0 Å². The van der Waals surface area contributed by atoms with Crippen molar-refractivity contribution in [1.82, 2.24) is 0 Å². The maximum atomic E-state index is 12.1. The summed E-state index contributed by atoms with van der Waals surface area (Å²) in [5.41, 5.74) is 0.189. The molecule has 6 heteroatoms. The number of Topliss-reactive ketones (excluding diaryl/α,β-unsaturated/α-hetero) is 1. The van der Waals surface area contributed by atoms with E-state index in [0.29, 0.717) is 18.6 Å². The second-order valence-electron chi connectivity index (χ2n) is 5.84. The first-order chi connectivity index (χ1) is 9.18. The summed E-state index contributed by atoms with van der Waals surface area (Å²) >= 11 is 4.00. The van der Waals surface area contributed by atoms with Crippen LogP contribution in [0.4, 0.5) is 0 Å². The van der Waals surface area contributed by atoms with Gasteiger partial charge >= 0.3 is 5.97 Å². The van der Waals surface area contributed by atoms with Crippen molar-refractivity contribution >= 4 is 30.1 Å². The number of carbonyl (C=O) groups is 2. The van der Waals surface area contributed by atoms with E-state index in [9.17, 15) is 14.7 Å². The molecule has 20 heavy (non-hydrogen) atoms. The lowest BCUT2D eigenvalue weighted by molar-refractivity contribution is -0.138. The van der Waals surface area contributed by atoms with Crippen LogP contribution in [0.5, 0.6) is 0 Å². The minimum atomic E-state index is -1.05. The number of allylic oxidation sites excluding steroid dienone is 2. The molecule has 1 aliphatic carbocycles. The van der Waals surface area contributed by atoms with E-state index in [4.69, 9.17) is 5.11 Å². The maximum Gasteiger partial charge on any atom is 0.328 e. The molecule has 0 saturated carbocycles. The van der Waals surface area contributed by atoms with E-state index in [-0.39, 0.29) is 34.7 Å². The molecule has 0 fully saturated rings. The average Bonchev–Trinajstić information content (AvgIpc) is 2.25. The first-order valence-corrected chi connectivity index (χ1v) is 7.15. The highest BCUT2D eigenvalue weighted by Gasteiger charge is 2.34. The van der Waals surface area contributed by atoms with Crippen LogP contribution in [0.2, 0.25) is 0 Å². The number of ketones is 1. The molecule has 0 amide bonds. The summed E-state index contributed by atoms with van der Waals surface area (Å²) in [7, 11) is 0. The molecule has 0 aromatic heterocycles. The van der Waals surface area contributed by atoms with E-state index in [1.54, 1.807) is 6.92 Å². The van der Waals surface area contributed by atoms with Gasteiger partial charge in [0, 0.05) is 18.6 Å². The normalized spacial score (nSPS) is 21.0. The highest BCUT2D eigenvalue weighted by atomic mass is 32.1. The second kappa shape index (κ2) is 6.43. The third kappa shape index (κ3) is 4.10. The molecule has 0 bridgehead atoms. The van der Waals surface area contributed by atoms with Crippen molar-refractivity contribution < 1.29 is 19.8 Å². The van der Waals surface area contributed by atoms with Crippen LogP contribution in [0.1, 0.15) is 40.0 Å². The number of carboxylic acids is 1. The van der Waals surface area contributed by atoms with Crippen LogP contribution in [0.25, 0.3) is 0 Å². The van der Waals surface area contributed by atoms with Gasteiger partial charge in [-0.05, 0) is 24.5 Å². The summed E-state index contributed by atoms with van der Waals surface area (Å²) in [5, 5.41) is 19.1. The van der Waals surface area contributed by atoms with Gasteiger partial charge in [0.2, 0.25) is 0 Å². The molecule has 0 saturated heterocycles. The maximum absolute atomic E-state index is 12.1. The first-order valence-electron chi connectivity index (χ1n) is 6.51.